The molecule has 0 saturated carbocycles. The first-order valence-corrected chi connectivity index (χ1v) is 14.4. The van der Waals surface area contributed by atoms with Gasteiger partial charge in [0, 0.05) is 30.2 Å². The number of hydrogen-bond acceptors (Lipinski definition) is 7. The number of pyridine rings is 2. The van der Waals surface area contributed by atoms with Gasteiger partial charge in [-0.3, -0.25) is 19.4 Å². The van der Waals surface area contributed by atoms with Crippen LogP contribution in [0, 0.1) is 17.5 Å². The van der Waals surface area contributed by atoms with Crippen molar-refractivity contribution in [1.29, 1.82) is 4.78 Å². The molecule has 9 nitrogen and oxygen atoms in total. The predicted molar refractivity (Wildman–Crippen MR) is 154 cm³/mol. The summed E-state index contributed by atoms with van der Waals surface area (Å²) >= 11 is 0. The number of anilines is 1. The topological polar surface area (TPSA) is 123 Å². The Bertz CT molecular complexity index is 1840. The van der Waals surface area contributed by atoms with Crippen molar-refractivity contribution in [3.05, 3.63) is 96.5 Å². The van der Waals surface area contributed by atoms with Gasteiger partial charge in [-0.15, -0.1) is 0 Å². The molecule has 11 heteroatoms. The first kappa shape index (κ1) is 27.9. The molecule has 0 unspecified atom stereocenters. The predicted octanol–water partition coefficient (Wildman–Crippen LogP) is 6.47. The maximum absolute atomic E-state index is 15.3. The summed E-state index contributed by atoms with van der Waals surface area (Å²) in [5.41, 5.74) is 1.86. The number of nitrogens with one attached hydrogen (secondary N) is 2. The number of nitrogens with zero attached hydrogens (tertiary/aromatic N) is 4. The number of aromatic nitrogens is 4. The summed E-state index contributed by atoms with van der Waals surface area (Å²) in [6, 6.07) is 12.6. The lowest BCUT2D eigenvalue weighted by atomic mass is 10.1. The number of benzene rings is 2. The molecule has 1 atom stereocenters. The van der Waals surface area contributed by atoms with Gasteiger partial charge in [0.15, 0.2) is 11.6 Å². The van der Waals surface area contributed by atoms with E-state index in [4.69, 9.17) is 9.52 Å². The van der Waals surface area contributed by atoms with Crippen molar-refractivity contribution in [2.75, 3.05) is 5.32 Å². The minimum absolute atomic E-state index is 0.00242. The third-order valence-electron chi connectivity index (χ3n) is 6.39. The largest absolute Gasteiger partial charge is 0.453 e. The fourth-order valence-electron chi connectivity index (χ4n) is 4.31. The van der Waals surface area contributed by atoms with Crippen molar-refractivity contribution >= 4 is 32.2 Å². The van der Waals surface area contributed by atoms with E-state index in [9.17, 15) is 9.00 Å². The van der Waals surface area contributed by atoms with Crippen molar-refractivity contribution in [2.24, 2.45) is 0 Å². The number of aryl methyl sites for hydroxylation is 1. The Labute approximate surface area is 237 Å². The lowest BCUT2D eigenvalue weighted by molar-refractivity contribution is -0.115. The van der Waals surface area contributed by atoms with E-state index in [1.165, 1.54) is 18.5 Å². The van der Waals surface area contributed by atoms with Crippen LogP contribution in [0.15, 0.2) is 89.3 Å². The molecule has 3 aromatic heterocycles. The average Bonchev–Trinajstić information content (AvgIpc) is 3.40. The molecule has 0 aliphatic heterocycles. The SMILES string of the molecule is Cc1cc(CC(=O)Nc2cnn(C(C)(C)C)c2)cc(F)c1Oc1ccnc2ccc([S@](=N)(=O)c3cccnc3)cc12. The molecule has 0 spiro atoms. The van der Waals surface area contributed by atoms with Crippen LogP contribution in [0.2, 0.25) is 0 Å². The molecule has 0 bridgehead atoms. The Hall–Kier alpha value is -4.64. The normalized spacial score (nSPS) is 13.1. The van der Waals surface area contributed by atoms with Gasteiger partial charge in [0.2, 0.25) is 5.91 Å². The number of ether oxygens (including phenoxy) is 1. The minimum atomic E-state index is -3.35. The van der Waals surface area contributed by atoms with E-state index in [1.54, 1.807) is 72.7 Å². The molecule has 41 heavy (non-hydrogen) atoms. The zero-order valence-corrected chi connectivity index (χ0v) is 23.8. The molecule has 0 radical (unpaired) electrons. The number of hydrogen-bond donors (Lipinski definition) is 2. The van der Waals surface area contributed by atoms with Crippen LogP contribution in [0.1, 0.15) is 31.9 Å². The van der Waals surface area contributed by atoms with Gasteiger partial charge in [-0.1, -0.05) is 6.07 Å². The molecule has 5 aromatic rings. The zero-order valence-electron chi connectivity index (χ0n) is 23.0. The number of carbonyl (C=O) groups excluding carboxylic acids is 1. The molecule has 1 amide bonds. The van der Waals surface area contributed by atoms with Gasteiger partial charge in [-0.05, 0) is 81.3 Å². The van der Waals surface area contributed by atoms with Gasteiger partial charge < -0.3 is 10.1 Å². The first-order chi connectivity index (χ1) is 19.4. The van der Waals surface area contributed by atoms with Gasteiger partial charge >= 0.3 is 0 Å². The smallest absolute Gasteiger partial charge is 0.228 e. The summed E-state index contributed by atoms with van der Waals surface area (Å²) in [5, 5.41) is 7.55. The first-order valence-electron chi connectivity index (χ1n) is 12.8. The minimum Gasteiger partial charge on any atom is -0.453 e. The van der Waals surface area contributed by atoms with E-state index in [2.05, 4.69) is 20.4 Å². The zero-order chi connectivity index (χ0) is 29.4. The maximum atomic E-state index is 15.3. The van der Waals surface area contributed by atoms with E-state index < -0.39 is 15.5 Å². The number of halogens is 1. The number of rotatable bonds is 7. The molecular formula is C30H29FN6O3S. The molecule has 2 N–H and O–H groups in total. The molecule has 0 fully saturated rings. The summed E-state index contributed by atoms with van der Waals surface area (Å²) in [6.45, 7) is 7.71. The fraction of sp³-hybridized carbons (Fsp3) is 0.200. The lowest BCUT2D eigenvalue weighted by Gasteiger charge is -2.18. The van der Waals surface area contributed by atoms with Gasteiger partial charge in [-0.25, -0.2) is 13.4 Å². The second-order valence-electron chi connectivity index (χ2n) is 10.6. The molecular weight excluding hydrogens is 543 g/mol. The maximum Gasteiger partial charge on any atom is 0.228 e. The second kappa shape index (κ2) is 10.7. The van der Waals surface area contributed by atoms with Gasteiger partial charge in [0.1, 0.15) is 15.5 Å². The van der Waals surface area contributed by atoms with E-state index in [1.807, 2.05) is 20.8 Å². The molecule has 3 heterocycles. The van der Waals surface area contributed by atoms with E-state index >= 15 is 4.39 Å². The van der Waals surface area contributed by atoms with Crippen molar-refractivity contribution in [1.82, 2.24) is 19.7 Å². The van der Waals surface area contributed by atoms with Crippen molar-refractivity contribution in [3.8, 4) is 11.5 Å². The van der Waals surface area contributed by atoms with Gasteiger partial charge in [0.25, 0.3) is 0 Å². The molecule has 2 aromatic carbocycles. The summed E-state index contributed by atoms with van der Waals surface area (Å²) in [4.78, 5) is 21.5. The highest BCUT2D eigenvalue weighted by Gasteiger charge is 2.19. The Morgan fingerprint density at radius 3 is 2.59 bits per heavy atom. The van der Waals surface area contributed by atoms with Crippen molar-refractivity contribution in [3.63, 3.8) is 0 Å². The number of amides is 1. The highest BCUT2D eigenvalue weighted by Crippen LogP contribution is 2.35. The van der Waals surface area contributed by atoms with Crippen molar-refractivity contribution in [2.45, 2.75) is 49.4 Å². The summed E-state index contributed by atoms with van der Waals surface area (Å²) in [7, 11) is -3.35. The number of carbonyl (C=O) groups is 1. The van der Waals surface area contributed by atoms with Gasteiger partial charge in [-0.2, -0.15) is 5.10 Å². The molecule has 210 valence electrons. The monoisotopic (exact) mass is 572 g/mol. The third kappa shape index (κ3) is 5.94. The second-order valence-corrected chi connectivity index (χ2v) is 12.7. The standard InChI is InChI=1S/C30H29FN6O3S/c1-19-12-20(14-28(38)36-21-16-35-37(18-21)30(2,3)4)13-25(31)29(19)40-27-9-11-34-26-8-7-22(15-24(26)27)41(32,39)23-6-5-10-33-17-23/h5-13,15-18,32H,14H2,1-4H3,(H,36,38)/t41-/m0/s1. The summed E-state index contributed by atoms with van der Waals surface area (Å²) in [5.74, 6) is -0.640. The van der Waals surface area contributed by atoms with Crippen LogP contribution in [0.25, 0.3) is 10.9 Å². The molecule has 0 aliphatic carbocycles. The van der Waals surface area contributed by atoms with Crippen molar-refractivity contribution < 1.29 is 18.1 Å². The lowest BCUT2D eigenvalue weighted by Crippen LogP contribution is -2.22. The van der Waals surface area contributed by atoms with E-state index in [-0.39, 0.29) is 33.4 Å². The van der Waals surface area contributed by atoms with Crippen LogP contribution in [0.3, 0.4) is 0 Å². The third-order valence-corrected chi connectivity index (χ3v) is 8.21. The van der Waals surface area contributed by atoms with E-state index in [0.717, 1.165) is 0 Å². The van der Waals surface area contributed by atoms with E-state index in [0.29, 0.717) is 33.5 Å². The molecule has 0 saturated heterocycles. The quantitative estimate of drug-likeness (QED) is 0.231. The summed E-state index contributed by atoms with van der Waals surface area (Å²) in [6.07, 6.45) is 7.77. The van der Waals surface area contributed by atoms with Gasteiger partial charge in [0.05, 0.1) is 39.2 Å². The van der Waals surface area contributed by atoms with Crippen LogP contribution >= 0.6 is 0 Å². The Kier molecular flexibility index (Phi) is 7.31. The summed E-state index contributed by atoms with van der Waals surface area (Å²) < 4.78 is 45.0. The highest BCUT2D eigenvalue weighted by atomic mass is 32.2. The van der Waals surface area contributed by atoms with Crippen LogP contribution in [0.4, 0.5) is 10.1 Å². The Balaban J connectivity index is 1.38. The van der Waals surface area contributed by atoms with Crippen LogP contribution in [-0.2, 0) is 26.5 Å². The average molecular weight is 573 g/mol. The van der Waals surface area contributed by atoms with Crippen LogP contribution < -0.4 is 10.1 Å². The fourth-order valence-corrected chi connectivity index (χ4v) is 5.60. The highest BCUT2D eigenvalue weighted by molar-refractivity contribution is 7.92. The molecule has 0 aliphatic rings. The number of fused-ring (bicyclic) bond motifs is 1. The molecule has 5 rings (SSSR count). The van der Waals surface area contributed by atoms with Crippen LogP contribution in [0.5, 0.6) is 11.5 Å². The Morgan fingerprint density at radius 2 is 1.90 bits per heavy atom. The van der Waals surface area contributed by atoms with Crippen LogP contribution in [-0.4, -0.2) is 29.9 Å². The Morgan fingerprint density at radius 1 is 1.10 bits per heavy atom.